The van der Waals surface area contributed by atoms with Crippen molar-refractivity contribution < 1.29 is 24.1 Å². The van der Waals surface area contributed by atoms with Crippen molar-refractivity contribution in [1.82, 2.24) is 0 Å². The predicted octanol–water partition coefficient (Wildman–Crippen LogP) is -0.533. The molecule has 2 aliphatic heterocycles. The summed E-state index contributed by atoms with van der Waals surface area (Å²) in [5.41, 5.74) is 0. The SMILES string of the molecule is CCC(=O)O[C@@H]1CO[C@H]2[C@@H]1OC[C@@H]2O. The number of carbonyl (C=O) groups is 1. The van der Waals surface area contributed by atoms with E-state index in [0.29, 0.717) is 13.0 Å². The zero-order valence-corrected chi connectivity index (χ0v) is 8.01. The maximum Gasteiger partial charge on any atom is 0.305 e. The standard InChI is InChI=1S/C9H14O5/c1-2-7(11)14-6-4-13-8-5(10)3-12-9(6)8/h5-6,8-10H,2-4H2,1H3/t5-,6+,8+,9+/m0/s1. The van der Waals surface area contributed by atoms with Crippen molar-refractivity contribution in [3.63, 3.8) is 0 Å². The van der Waals surface area contributed by atoms with Gasteiger partial charge in [-0.1, -0.05) is 6.92 Å². The summed E-state index contributed by atoms with van der Waals surface area (Å²) in [6, 6.07) is 0. The van der Waals surface area contributed by atoms with E-state index in [0.717, 1.165) is 0 Å². The Kier molecular flexibility index (Phi) is 2.71. The highest BCUT2D eigenvalue weighted by atomic mass is 16.6. The fourth-order valence-electron chi connectivity index (χ4n) is 1.80. The lowest BCUT2D eigenvalue weighted by molar-refractivity contribution is -0.153. The van der Waals surface area contributed by atoms with Crippen molar-refractivity contribution in [1.29, 1.82) is 0 Å². The molecule has 2 heterocycles. The number of hydrogen-bond acceptors (Lipinski definition) is 5. The molecule has 1 N–H and O–H groups in total. The average molecular weight is 202 g/mol. The van der Waals surface area contributed by atoms with Crippen LogP contribution in [0, 0.1) is 0 Å². The van der Waals surface area contributed by atoms with Crippen molar-refractivity contribution in [2.75, 3.05) is 13.2 Å². The van der Waals surface area contributed by atoms with Gasteiger partial charge in [-0.15, -0.1) is 0 Å². The second-order valence-corrected chi connectivity index (χ2v) is 3.55. The lowest BCUT2D eigenvalue weighted by Gasteiger charge is -2.15. The van der Waals surface area contributed by atoms with Crippen LogP contribution in [0.3, 0.4) is 0 Å². The van der Waals surface area contributed by atoms with E-state index in [2.05, 4.69) is 0 Å². The summed E-state index contributed by atoms with van der Waals surface area (Å²) in [5, 5.41) is 9.42. The van der Waals surface area contributed by atoms with E-state index in [9.17, 15) is 9.90 Å². The van der Waals surface area contributed by atoms with Crippen molar-refractivity contribution in [2.24, 2.45) is 0 Å². The summed E-state index contributed by atoms with van der Waals surface area (Å²) in [4.78, 5) is 11.0. The smallest absolute Gasteiger partial charge is 0.305 e. The van der Waals surface area contributed by atoms with E-state index in [1.54, 1.807) is 6.92 Å². The van der Waals surface area contributed by atoms with Crippen LogP contribution in [0.2, 0.25) is 0 Å². The van der Waals surface area contributed by atoms with Crippen LogP contribution in [0.5, 0.6) is 0 Å². The predicted molar refractivity (Wildman–Crippen MR) is 45.7 cm³/mol. The molecule has 0 spiro atoms. The molecular weight excluding hydrogens is 188 g/mol. The number of ether oxygens (including phenoxy) is 3. The fourth-order valence-corrected chi connectivity index (χ4v) is 1.80. The average Bonchev–Trinajstić information content (AvgIpc) is 2.72. The first-order valence-electron chi connectivity index (χ1n) is 4.83. The first-order chi connectivity index (χ1) is 6.72. The van der Waals surface area contributed by atoms with E-state index in [-0.39, 0.29) is 30.9 Å². The number of fused-ring (bicyclic) bond motifs is 1. The van der Waals surface area contributed by atoms with E-state index in [4.69, 9.17) is 14.2 Å². The maximum atomic E-state index is 11.0. The minimum absolute atomic E-state index is 0.259. The molecule has 2 aliphatic rings. The monoisotopic (exact) mass is 202 g/mol. The van der Waals surface area contributed by atoms with Gasteiger partial charge in [0.25, 0.3) is 0 Å². The first-order valence-corrected chi connectivity index (χ1v) is 4.83. The van der Waals surface area contributed by atoms with Crippen LogP contribution >= 0.6 is 0 Å². The molecule has 0 bridgehead atoms. The molecule has 0 amide bonds. The van der Waals surface area contributed by atoms with Gasteiger partial charge in [0.05, 0.1) is 13.2 Å². The second-order valence-electron chi connectivity index (χ2n) is 3.55. The van der Waals surface area contributed by atoms with E-state index < -0.39 is 6.10 Å². The summed E-state index contributed by atoms with van der Waals surface area (Å²) in [6.45, 7) is 2.31. The molecular formula is C9H14O5. The van der Waals surface area contributed by atoms with Crippen LogP contribution in [-0.2, 0) is 19.0 Å². The van der Waals surface area contributed by atoms with Gasteiger partial charge >= 0.3 is 5.97 Å². The molecule has 4 atom stereocenters. The van der Waals surface area contributed by atoms with Gasteiger partial charge in [-0.3, -0.25) is 4.79 Å². The molecule has 80 valence electrons. The molecule has 0 aromatic rings. The number of carbonyl (C=O) groups excluding carboxylic acids is 1. The van der Waals surface area contributed by atoms with Gasteiger partial charge in [-0.25, -0.2) is 0 Å². The lowest BCUT2D eigenvalue weighted by atomic mass is 10.1. The Hall–Kier alpha value is -0.650. The van der Waals surface area contributed by atoms with Gasteiger partial charge in [0, 0.05) is 6.42 Å². The Labute approximate surface area is 81.9 Å². The topological polar surface area (TPSA) is 65.0 Å². The number of aliphatic hydroxyl groups is 1. The van der Waals surface area contributed by atoms with Gasteiger partial charge in [-0.2, -0.15) is 0 Å². The van der Waals surface area contributed by atoms with E-state index in [1.165, 1.54) is 0 Å². The minimum Gasteiger partial charge on any atom is -0.457 e. The van der Waals surface area contributed by atoms with E-state index in [1.807, 2.05) is 0 Å². The lowest BCUT2D eigenvalue weighted by Crippen LogP contribution is -2.34. The zero-order valence-electron chi connectivity index (χ0n) is 8.01. The molecule has 0 radical (unpaired) electrons. The highest BCUT2D eigenvalue weighted by molar-refractivity contribution is 5.69. The third-order valence-electron chi connectivity index (χ3n) is 2.55. The zero-order chi connectivity index (χ0) is 10.1. The van der Waals surface area contributed by atoms with Crippen LogP contribution in [-0.4, -0.2) is 48.7 Å². The molecule has 0 aromatic heterocycles. The molecule has 2 rings (SSSR count). The van der Waals surface area contributed by atoms with Crippen LogP contribution in [0.1, 0.15) is 13.3 Å². The van der Waals surface area contributed by atoms with Crippen LogP contribution in [0.15, 0.2) is 0 Å². The Bertz CT molecular complexity index is 229. The Morgan fingerprint density at radius 3 is 2.86 bits per heavy atom. The molecule has 2 saturated heterocycles. The van der Waals surface area contributed by atoms with E-state index >= 15 is 0 Å². The number of aliphatic hydroxyl groups excluding tert-OH is 1. The Morgan fingerprint density at radius 2 is 2.14 bits per heavy atom. The third-order valence-corrected chi connectivity index (χ3v) is 2.55. The van der Waals surface area contributed by atoms with Crippen LogP contribution in [0.25, 0.3) is 0 Å². The van der Waals surface area contributed by atoms with Gasteiger partial charge < -0.3 is 19.3 Å². The van der Waals surface area contributed by atoms with Crippen molar-refractivity contribution in [2.45, 2.75) is 37.8 Å². The number of rotatable bonds is 2. The third kappa shape index (κ3) is 1.63. The number of hydrogen-bond donors (Lipinski definition) is 1. The molecule has 5 heteroatoms. The second kappa shape index (κ2) is 3.84. The summed E-state index contributed by atoms with van der Waals surface area (Å²) in [6.07, 6.45) is -1.23. The normalized spacial score (nSPS) is 41.0. The van der Waals surface area contributed by atoms with Gasteiger partial charge in [0.2, 0.25) is 0 Å². The van der Waals surface area contributed by atoms with Crippen molar-refractivity contribution in [3.8, 4) is 0 Å². The van der Waals surface area contributed by atoms with Gasteiger partial charge in [-0.05, 0) is 0 Å². The van der Waals surface area contributed by atoms with Crippen LogP contribution < -0.4 is 0 Å². The summed E-state index contributed by atoms with van der Waals surface area (Å²) < 4.78 is 15.7. The molecule has 2 fully saturated rings. The molecule has 0 unspecified atom stereocenters. The largest absolute Gasteiger partial charge is 0.457 e. The minimum atomic E-state index is -0.592. The highest BCUT2D eigenvalue weighted by Crippen LogP contribution is 2.28. The van der Waals surface area contributed by atoms with Gasteiger partial charge in [0.15, 0.2) is 6.10 Å². The van der Waals surface area contributed by atoms with Crippen LogP contribution in [0.4, 0.5) is 0 Å². The Balaban J connectivity index is 1.93. The number of esters is 1. The Morgan fingerprint density at radius 1 is 1.43 bits per heavy atom. The first kappa shape index (κ1) is 9.89. The summed E-state index contributed by atoms with van der Waals surface area (Å²) >= 11 is 0. The molecule has 0 aromatic carbocycles. The summed E-state index contributed by atoms with van der Waals surface area (Å²) in [7, 11) is 0. The molecule has 14 heavy (non-hydrogen) atoms. The maximum absolute atomic E-state index is 11.0. The van der Waals surface area contributed by atoms with Gasteiger partial charge in [0.1, 0.15) is 18.3 Å². The molecule has 5 nitrogen and oxygen atoms in total. The highest BCUT2D eigenvalue weighted by Gasteiger charge is 2.48. The molecule has 0 saturated carbocycles. The fraction of sp³-hybridized carbons (Fsp3) is 0.889. The van der Waals surface area contributed by atoms with Crippen molar-refractivity contribution in [3.05, 3.63) is 0 Å². The van der Waals surface area contributed by atoms with Crippen molar-refractivity contribution >= 4 is 5.97 Å². The quantitative estimate of drug-likeness (QED) is 0.610. The summed E-state index contributed by atoms with van der Waals surface area (Å²) in [5.74, 6) is -0.260. The molecule has 0 aliphatic carbocycles.